The number of nitrogens with zero attached hydrogens (tertiary/aromatic N) is 1. The molecule has 18 heavy (non-hydrogen) atoms. The Bertz CT molecular complexity index is 349. The molecule has 3 atom stereocenters. The van der Waals surface area contributed by atoms with Crippen molar-refractivity contribution in [2.75, 3.05) is 6.54 Å². The van der Waals surface area contributed by atoms with E-state index in [1.807, 2.05) is 6.20 Å². The maximum absolute atomic E-state index is 4.34. The first-order valence-electron chi connectivity index (χ1n) is 7.53. The molecule has 1 heterocycles. The fraction of sp³-hybridized carbons (Fsp3) is 0.800. The second-order valence-corrected chi connectivity index (χ2v) is 6.92. The summed E-state index contributed by atoms with van der Waals surface area (Å²) in [6, 6.07) is 0.782. The largest absolute Gasteiger partial charge is 0.314 e. The highest BCUT2D eigenvalue weighted by Gasteiger charge is 2.31. The van der Waals surface area contributed by atoms with E-state index in [4.69, 9.17) is 0 Å². The summed E-state index contributed by atoms with van der Waals surface area (Å²) < 4.78 is 0. The van der Waals surface area contributed by atoms with Crippen molar-refractivity contribution in [1.29, 1.82) is 0 Å². The fourth-order valence-corrected chi connectivity index (χ4v) is 4.44. The highest BCUT2D eigenvalue weighted by molar-refractivity contribution is 7.09. The molecule has 1 aromatic rings. The Morgan fingerprint density at radius 1 is 1.17 bits per heavy atom. The molecule has 1 aromatic heterocycles. The van der Waals surface area contributed by atoms with E-state index in [0.29, 0.717) is 0 Å². The Balaban J connectivity index is 1.41. The van der Waals surface area contributed by atoms with E-state index in [1.54, 1.807) is 11.3 Å². The van der Waals surface area contributed by atoms with Crippen LogP contribution in [0.3, 0.4) is 0 Å². The molecular formula is C15H24N2S. The molecule has 3 unspecified atom stereocenters. The van der Waals surface area contributed by atoms with Crippen molar-refractivity contribution < 1.29 is 0 Å². The third-order valence-corrected chi connectivity index (χ3v) is 5.63. The number of hydrogen-bond donors (Lipinski definition) is 1. The van der Waals surface area contributed by atoms with E-state index in [1.165, 1.54) is 50.0 Å². The monoisotopic (exact) mass is 264 g/mol. The minimum absolute atomic E-state index is 0.782. The van der Waals surface area contributed by atoms with Gasteiger partial charge in [0.05, 0.1) is 5.01 Å². The molecule has 0 amide bonds. The van der Waals surface area contributed by atoms with Crippen LogP contribution < -0.4 is 5.32 Å². The lowest BCUT2D eigenvalue weighted by molar-refractivity contribution is 0.144. The molecular weight excluding hydrogens is 240 g/mol. The van der Waals surface area contributed by atoms with Crippen molar-refractivity contribution in [2.45, 2.75) is 57.4 Å². The average Bonchev–Trinajstić information content (AvgIpc) is 2.92. The van der Waals surface area contributed by atoms with Gasteiger partial charge in [-0.2, -0.15) is 0 Å². The Kier molecular flexibility index (Phi) is 4.32. The summed E-state index contributed by atoms with van der Waals surface area (Å²) in [5.74, 6) is 2.10. The van der Waals surface area contributed by atoms with Gasteiger partial charge in [-0.1, -0.05) is 25.7 Å². The number of hydrogen-bond acceptors (Lipinski definition) is 3. The van der Waals surface area contributed by atoms with Crippen LogP contribution in [0.4, 0.5) is 0 Å². The minimum Gasteiger partial charge on any atom is -0.314 e. The first kappa shape index (κ1) is 12.6. The maximum atomic E-state index is 4.34. The minimum atomic E-state index is 0.782. The molecule has 0 bridgehead atoms. The molecule has 0 aliphatic heterocycles. The smallest absolute Gasteiger partial charge is 0.0937 e. The van der Waals surface area contributed by atoms with Crippen LogP contribution in [0, 0.1) is 11.8 Å². The van der Waals surface area contributed by atoms with E-state index in [0.717, 1.165) is 30.8 Å². The van der Waals surface area contributed by atoms with Gasteiger partial charge < -0.3 is 5.32 Å². The van der Waals surface area contributed by atoms with Crippen molar-refractivity contribution >= 4 is 11.3 Å². The molecule has 100 valence electrons. The Hall–Kier alpha value is -0.410. The molecule has 3 rings (SSSR count). The SMILES string of the molecule is c1csc(CCNC2CCC3CCCCC3C2)n1. The molecule has 1 N–H and O–H groups in total. The predicted octanol–water partition coefficient (Wildman–Crippen LogP) is 3.63. The fourth-order valence-electron chi connectivity index (χ4n) is 3.82. The van der Waals surface area contributed by atoms with Gasteiger partial charge in [0.1, 0.15) is 0 Å². The molecule has 2 fully saturated rings. The second-order valence-electron chi connectivity index (χ2n) is 5.94. The standard InChI is InChI=1S/C15H24N2S/c1-2-4-13-11-14(6-5-12(13)3-1)16-8-7-15-17-9-10-18-15/h9-10,12-14,16H,1-8,11H2. The van der Waals surface area contributed by atoms with Crippen LogP contribution in [0.5, 0.6) is 0 Å². The topological polar surface area (TPSA) is 24.9 Å². The van der Waals surface area contributed by atoms with Crippen LogP contribution >= 0.6 is 11.3 Å². The zero-order valence-corrected chi connectivity index (χ0v) is 11.9. The van der Waals surface area contributed by atoms with Crippen LogP contribution in [-0.2, 0) is 6.42 Å². The predicted molar refractivity (Wildman–Crippen MR) is 76.9 cm³/mol. The quantitative estimate of drug-likeness (QED) is 0.898. The molecule has 0 radical (unpaired) electrons. The lowest BCUT2D eigenvalue weighted by Crippen LogP contribution is -2.39. The number of thiazole rings is 1. The van der Waals surface area contributed by atoms with E-state index in [2.05, 4.69) is 15.7 Å². The van der Waals surface area contributed by atoms with Gasteiger partial charge >= 0.3 is 0 Å². The van der Waals surface area contributed by atoms with Gasteiger partial charge in [-0.05, 0) is 31.1 Å². The van der Waals surface area contributed by atoms with E-state index >= 15 is 0 Å². The first-order valence-corrected chi connectivity index (χ1v) is 8.41. The second kappa shape index (κ2) is 6.16. The summed E-state index contributed by atoms with van der Waals surface area (Å²) in [6.07, 6.45) is 13.3. The van der Waals surface area contributed by atoms with E-state index < -0.39 is 0 Å². The van der Waals surface area contributed by atoms with Gasteiger partial charge in [-0.15, -0.1) is 11.3 Å². The third kappa shape index (κ3) is 3.12. The van der Waals surface area contributed by atoms with Crippen LogP contribution in [0.25, 0.3) is 0 Å². The Morgan fingerprint density at radius 2 is 2.06 bits per heavy atom. The lowest BCUT2D eigenvalue weighted by Gasteiger charge is -2.39. The van der Waals surface area contributed by atoms with Gasteiger partial charge in [0.2, 0.25) is 0 Å². The number of aromatic nitrogens is 1. The van der Waals surface area contributed by atoms with Gasteiger partial charge in [0, 0.05) is 30.6 Å². The van der Waals surface area contributed by atoms with Crippen LogP contribution in [0.2, 0.25) is 0 Å². The molecule has 2 aliphatic carbocycles. The molecule has 0 aromatic carbocycles. The number of rotatable bonds is 4. The van der Waals surface area contributed by atoms with Gasteiger partial charge in [-0.3, -0.25) is 0 Å². The summed E-state index contributed by atoms with van der Waals surface area (Å²) in [7, 11) is 0. The lowest BCUT2D eigenvalue weighted by atomic mass is 9.69. The zero-order chi connectivity index (χ0) is 12.2. The highest BCUT2D eigenvalue weighted by atomic mass is 32.1. The van der Waals surface area contributed by atoms with Gasteiger partial charge in [0.25, 0.3) is 0 Å². The van der Waals surface area contributed by atoms with Crippen molar-refractivity contribution in [2.24, 2.45) is 11.8 Å². The van der Waals surface area contributed by atoms with Crippen molar-refractivity contribution in [1.82, 2.24) is 10.3 Å². The van der Waals surface area contributed by atoms with Crippen molar-refractivity contribution in [3.63, 3.8) is 0 Å². The van der Waals surface area contributed by atoms with Crippen molar-refractivity contribution in [3.8, 4) is 0 Å². The summed E-state index contributed by atoms with van der Waals surface area (Å²) in [4.78, 5) is 4.34. The van der Waals surface area contributed by atoms with Gasteiger partial charge in [0.15, 0.2) is 0 Å². The molecule has 0 saturated heterocycles. The molecule has 2 aliphatic rings. The molecule has 3 heteroatoms. The first-order chi connectivity index (χ1) is 8.92. The number of fused-ring (bicyclic) bond motifs is 1. The average molecular weight is 264 g/mol. The normalized spacial score (nSPS) is 32.1. The van der Waals surface area contributed by atoms with Crippen molar-refractivity contribution in [3.05, 3.63) is 16.6 Å². The van der Waals surface area contributed by atoms with E-state index in [-0.39, 0.29) is 0 Å². The third-order valence-electron chi connectivity index (χ3n) is 4.80. The maximum Gasteiger partial charge on any atom is 0.0937 e. The zero-order valence-electron chi connectivity index (χ0n) is 11.1. The van der Waals surface area contributed by atoms with Gasteiger partial charge in [-0.25, -0.2) is 4.98 Å². The summed E-state index contributed by atoms with van der Waals surface area (Å²) >= 11 is 1.78. The van der Waals surface area contributed by atoms with Crippen LogP contribution in [-0.4, -0.2) is 17.6 Å². The summed E-state index contributed by atoms with van der Waals surface area (Å²) in [5, 5.41) is 7.10. The molecule has 0 spiro atoms. The molecule has 2 nitrogen and oxygen atoms in total. The summed E-state index contributed by atoms with van der Waals surface area (Å²) in [5.41, 5.74) is 0. The summed E-state index contributed by atoms with van der Waals surface area (Å²) in [6.45, 7) is 1.11. The Morgan fingerprint density at radius 3 is 2.89 bits per heavy atom. The Labute approximate surface area is 114 Å². The molecule has 2 saturated carbocycles. The number of nitrogens with one attached hydrogen (secondary N) is 1. The van der Waals surface area contributed by atoms with Crippen LogP contribution in [0.15, 0.2) is 11.6 Å². The highest BCUT2D eigenvalue weighted by Crippen LogP contribution is 2.40. The van der Waals surface area contributed by atoms with E-state index in [9.17, 15) is 0 Å². The van der Waals surface area contributed by atoms with Crippen LogP contribution in [0.1, 0.15) is 50.0 Å².